The quantitative estimate of drug-likeness (QED) is 0.532. The van der Waals surface area contributed by atoms with Crippen LogP contribution in [0, 0.1) is 5.82 Å². The molecule has 1 heterocycles. The average Bonchev–Trinajstić information content (AvgIpc) is 3.03. The Morgan fingerprint density at radius 1 is 1.17 bits per heavy atom. The number of fused-ring (bicyclic) bond motifs is 1. The highest BCUT2D eigenvalue weighted by Crippen LogP contribution is 2.21. The lowest BCUT2D eigenvalue weighted by molar-refractivity contribution is -0.141. The Hall–Kier alpha value is -3.05. The van der Waals surface area contributed by atoms with E-state index in [1.165, 1.54) is 23.8 Å². The summed E-state index contributed by atoms with van der Waals surface area (Å²) in [5.74, 6) is -1.71. The van der Waals surface area contributed by atoms with Crippen LogP contribution in [-0.4, -0.2) is 38.6 Å². The van der Waals surface area contributed by atoms with Crippen LogP contribution in [0.2, 0.25) is 0 Å². The van der Waals surface area contributed by atoms with Gasteiger partial charge in [-0.3, -0.25) is 4.79 Å². The molecule has 0 saturated carbocycles. The molecular formula is C19H17FN2O6S2. The first-order chi connectivity index (χ1) is 14.2. The molecule has 0 bridgehead atoms. The fraction of sp³-hybridized carbons (Fsp3) is 0.211. The summed E-state index contributed by atoms with van der Waals surface area (Å²) in [6.07, 6.45) is 0. The Morgan fingerprint density at radius 2 is 1.87 bits per heavy atom. The molecule has 1 aromatic heterocycles. The first-order valence-electron chi connectivity index (χ1n) is 8.69. The van der Waals surface area contributed by atoms with Crippen LogP contribution in [0.25, 0.3) is 10.2 Å². The van der Waals surface area contributed by atoms with Crippen LogP contribution in [0.4, 0.5) is 4.39 Å². The van der Waals surface area contributed by atoms with Crippen LogP contribution in [0.5, 0.6) is 0 Å². The van der Waals surface area contributed by atoms with Gasteiger partial charge in [-0.2, -0.15) is 8.42 Å². The van der Waals surface area contributed by atoms with Gasteiger partial charge in [-0.1, -0.05) is 11.3 Å². The van der Waals surface area contributed by atoms with Gasteiger partial charge in [0, 0.05) is 0 Å². The maximum Gasteiger partial charge on any atom is 0.338 e. The number of rotatable bonds is 6. The summed E-state index contributed by atoms with van der Waals surface area (Å²) in [4.78, 5) is 23.7. The zero-order valence-corrected chi connectivity index (χ0v) is 17.6. The minimum absolute atomic E-state index is 0.000680. The molecule has 0 aliphatic carbocycles. The van der Waals surface area contributed by atoms with Crippen LogP contribution >= 0.6 is 11.3 Å². The summed E-state index contributed by atoms with van der Waals surface area (Å²) in [7, 11) is -2.96. The molecule has 30 heavy (non-hydrogen) atoms. The minimum atomic E-state index is -4.17. The van der Waals surface area contributed by atoms with Gasteiger partial charge in [0.25, 0.3) is 10.0 Å². The van der Waals surface area contributed by atoms with Crippen molar-refractivity contribution in [3.63, 3.8) is 0 Å². The molecule has 0 aliphatic heterocycles. The van der Waals surface area contributed by atoms with Gasteiger partial charge in [0.15, 0.2) is 0 Å². The SMILES string of the molecule is CCOC(=O)c1ccc2c(c1)sc(=NS(=O)(=O)c1ccc(F)cc1)n2CC(=O)OC. The third-order valence-electron chi connectivity index (χ3n) is 4.02. The van der Waals surface area contributed by atoms with E-state index in [1.807, 2.05) is 0 Å². The highest BCUT2D eigenvalue weighted by molar-refractivity contribution is 7.90. The second-order valence-corrected chi connectivity index (χ2v) is 8.58. The normalized spacial score (nSPS) is 12.2. The van der Waals surface area contributed by atoms with Gasteiger partial charge in [0.05, 0.1) is 34.4 Å². The van der Waals surface area contributed by atoms with Gasteiger partial charge in [0.2, 0.25) is 4.80 Å². The molecule has 0 amide bonds. The molecule has 3 rings (SSSR count). The summed E-state index contributed by atoms with van der Waals surface area (Å²) >= 11 is 0.978. The number of aromatic nitrogens is 1. The van der Waals surface area contributed by atoms with Gasteiger partial charge in [-0.15, -0.1) is 4.40 Å². The summed E-state index contributed by atoms with van der Waals surface area (Å²) in [5.41, 5.74) is 0.773. The predicted molar refractivity (Wildman–Crippen MR) is 107 cm³/mol. The maximum absolute atomic E-state index is 13.1. The van der Waals surface area contributed by atoms with Crippen LogP contribution in [0.15, 0.2) is 51.8 Å². The standard InChI is InChI=1S/C19H17FN2O6S2/c1-3-28-18(24)12-4-9-15-16(10-12)29-19(22(15)11-17(23)27-2)21-30(25,26)14-7-5-13(20)6-8-14/h4-10H,3,11H2,1-2H3. The molecule has 0 fully saturated rings. The smallest absolute Gasteiger partial charge is 0.338 e. The number of hydrogen-bond acceptors (Lipinski definition) is 7. The van der Waals surface area contributed by atoms with Gasteiger partial charge in [0.1, 0.15) is 12.4 Å². The number of esters is 2. The van der Waals surface area contributed by atoms with Crippen molar-refractivity contribution >= 4 is 43.5 Å². The van der Waals surface area contributed by atoms with E-state index < -0.39 is 27.8 Å². The van der Waals surface area contributed by atoms with Crippen LogP contribution in [0.1, 0.15) is 17.3 Å². The van der Waals surface area contributed by atoms with Crippen molar-refractivity contribution < 1.29 is 31.9 Å². The van der Waals surface area contributed by atoms with E-state index in [9.17, 15) is 22.4 Å². The third-order valence-corrected chi connectivity index (χ3v) is 6.46. The number of sulfonamides is 1. The van der Waals surface area contributed by atoms with E-state index in [1.54, 1.807) is 13.0 Å². The number of halogens is 1. The highest BCUT2D eigenvalue weighted by Gasteiger charge is 2.18. The molecule has 3 aromatic rings. The first-order valence-corrected chi connectivity index (χ1v) is 10.9. The molecule has 158 valence electrons. The molecule has 0 aliphatic rings. The molecule has 0 N–H and O–H groups in total. The summed E-state index contributed by atoms with van der Waals surface area (Å²) in [6.45, 7) is 1.61. The molecule has 0 saturated heterocycles. The monoisotopic (exact) mass is 452 g/mol. The number of thiazole rings is 1. The number of hydrogen-bond donors (Lipinski definition) is 0. The van der Waals surface area contributed by atoms with Crippen molar-refractivity contribution in [2.24, 2.45) is 4.40 Å². The molecule has 8 nitrogen and oxygen atoms in total. The van der Waals surface area contributed by atoms with E-state index in [-0.39, 0.29) is 28.4 Å². The van der Waals surface area contributed by atoms with Crippen molar-refractivity contribution in [1.82, 2.24) is 4.57 Å². The zero-order chi connectivity index (χ0) is 21.9. The number of carbonyl (C=O) groups excluding carboxylic acids is 2. The van der Waals surface area contributed by atoms with Crippen molar-refractivity contribution in [2.75, 3.05) is 13.7 Å². The number of ether oxygens (including phenoxy) is 2. The van der Waals surface area contributed by atoms with E-state index in [0.29, 0.717) is 10.2 Å². The maximum atomic E-state index is 13.1. The molecule has 0 radical (unpaired) electrons. The fourth-order valence-corrected chi connectivity index (χ4v) is 4.86. The van der Waals surface area contributed by atoms with E-state index in [4.69, 9.17) is 4.74 Å². The zero-order valence-electron chi connectivity index (χ0n) is 16.0. The number of methoxy groups -OCH3 is 1. The molecule has 2 aromatic carbocycles. The predicted octanol–water partition coefficient (Wildman–Crippen LogP) is 2.48. The summed E-state index contributed by atoms with van der Waals surface area (Å²) in [6, 6.07) is 8.86. The number of carbonyl (C=O) groups is 2. The van der Waals surface area contributed by atoms with E-state index in [2.05, 4.69) is 9.13 Å². The van der Waals surface area contributed by atoms with E-state index >= 15 is 0 Å². The Morgan fingerprint density at radius 3 is 2.50 bits per heavy atom. The second-order valence-electron chi connectivity index (χ2n) is 5.97. The highest BCUT2D eigenvalue weighted by atomic mass is 32.2. The van der Waals surface area contributed by atoms with Crippen molar-refractivity contribution in [3.8, 4) is 0 Å². The summed E-state index contributed by atoms with van der Waals surface area (Å²) < 4.78 is 53.9. The van der Waals surface area contributed by atoms with E-state index in [0.717, 1.165) is 35.6 Å². The average molecular weight is 452 g/mol. The Bertz CT molecular complexity index is 1280. The Kier molecular flexibility index (Phi) is 6.32. The number of nitrogens with zero attached hydrogens (tertiary/aromatic N) is 2. The van der Waals surface area contributed by atoms with Crippen LogP contribution in [-0.2, 0) is 30.8 Å². The third kappa shape index (κ3) is 4.57. The lowest BCUT2D eigenvalue weighted by atomic mass is 10.2. The van der Waals surface area contributed by atoms with Crippen LogP contribution in [0.3, 0.4) is 0 Å². The first kappa shape index (κ1) is 21.7. The van der Waals surface area contributed by atoms with Gasteiger partial charge in [-0.25, -0.2) is 9.18 Å². The lowest BCUT2D eigenvalue weighted by Gasteiger charge is -2.05. The largest absolute Gasteiger partial charge is 0.468 e. The van der Waals surface area contributed by atoms with Crippen LogP contribution < -0.4 is 4.80 Å². The minimum Gasteiger partial charge on any atom is -0.468 e. The summed E-state index contributed by atoms with van der Waals surface area (Å²) in [5, 5.41) is 0. The molecule has 0 spiro atoms. The lowest BCUT2D eigenvalue weighted by Crippen LogP contribution is -2.22. The molecule has 0 unspecified atom stereocenters. The van der Waals surface area contributed by atoms with Gasteiger partial charge < -0.3 is 14.0 Å². The van der Waals surface area contributed by atoms with Crippen molar-refractivity contribution in [2.45, 2.75) is 18.4 Å². The molecular weight excluding hydrogens is 435 g/mol. The Labute approximate surface area is 175 Å². The Balaban J connectivity index is 2.19. The molecule has 0 atom stereocenters. The van der Waals surface area contributed by atoms with Gasteiger partial charge in [-0.05, 0) is 49.4 Å². The van der Waals surface area contributed by atoms with Gasteiger partial charge >= 0.3 is 11.9 Å². The topological polar surface area (TPSA) is 104 Å². The number of benzene rings is 2. The fourth-order valence-electron chi connectivity index (χ4n) is 2.59. The van der Waals surface area contributed by atoms with Crippen molar-refractivity contribution in [1.29, 1.82) is 0 Å². The molecule has 11 heteroatoms. The second kappa shape index (κ2) is 8.76. The van der Waals surface area contributed by atoms with Crippen molar-refractivity contribution in [3.05, 3.63) is 58.6 Å².